The van der Waals surface area contributed by atoms with Crippen LogP contribution in [0.15, 0.2) is 18.2 Å². The van der Waals surface area contributed by atoms with Gasteiger partial charge in [-0.2, -0.15) is 0 Å². The van der Waals surface area contributed by atoms with Gasteiger partial charge in [0.15, 0.2) is 0 Å². The second-order valence-electron chi connectivity index (χ2n) is 3.73. The first kappa shape index (κ1) is 11.4. The quantitative estimate of drug-likeness (QED) is 0.738. The highest BCUT2D eigenvalue weighted by atomic mass is 19.1. The molecule has 1 aliphatic rings. The van der Waals surface area contributed by atoms with Crippen LogP contribution < -0.4 is 16.0 Å². The summed E-state index contributed by atoms with van der Waals surface area (Å²) in [6, 6.07) is 2.70. The van der Waals surface area contributed by atoms with Crippen LogP contribution in [0.1, 0.15) is 18.9 Å². The van der Waals surface area contributed by atoms with Crippen LogP contribution in [-0.2, 0) is 0 Å². The van der Waals surface area contributed by atoms with Crippen LogP contribution in [-0.4, -0.2) is 13.1 Å². The zero-order valence-corrected chi connectivity index (χ0v) is 9.73. The van der Waals surface area contributed by atoms with E-state index in [-0.39, 0.29) is 11.8 Å². The highest BCUT2D eigenvalue weighted by molar-refractivity contribution is 6.03. The molecule has 0 saturated heterocycles. The summed E-state index contributed by atoms with van der Waals surface area (Å²) in [4.78, 5) is 11.4. The number of carbonyl (C=O) groups excluding carboxylic acids is 1. The minimum atomic E-state index is -0.341. The van der Waals surface area contributed by atoms with E-state index in [1.807, 2.05) is 13.0 Å². The molecule has 0 bridgehead atoms. The Balaban J connectivity index is 2.55. The molecule has 0 aliphatic carbocycles. The molecule has 5 heteroatoms. The molecule has 0 aromatic heterocycles. The summed E-state index contributed by atoms with van der Waals surface area (Å²) in [6.45, 7) is 1.96. The molecule has 2 rings (SSSR count). The number of amides is 2. The second kappa shape index (κ2) is 4.45. The maximum Gasteiger partial charge on any atom is 0.323 e. The monoisotopic (exact) mass is 235 g/mol. The van der Waals surface area contributed by atoms with Crippen LogP contribution in [0, 0.1) is 5.82 Å². The molecular weight excluding hydrogens is 221 g/mol. The largest absolute Gasteiger partial charge is 0.386 e. The Labute approximate surface area is 98.9 Å². The van der Waals surface area contributed by atoms with E-state index in [2.05, 4.69) is 16.0 Å². The Kier molecular flexibility index (Phi) is 2.99. The fourth-order valence-corrected chi connectivity index (χ4v) is 1.80. The van der Waals surface area contributed by atoms with Crippen LogP contribution in [0.3, 0.4) is 0 Å². The second-order valence-corrected chi connectivity index (χ2v) is 3.73. The molecule has 2 amide bonds. The zero-order chi connectivity index (χ0) is 12.4. The molecule has 0 saturated carbocycles. The SMILES string of the molecule is CC/C=C1/NC(=O)Nc2cc(NC)c(F)cc21. The summed E-state index contributed by atoms with van der Waals surface area (Å²) in [5, 5.41) is 8.06. The van der Waals surface area contributed by atoms with Gasteiger partial charge in [0, 0.05) is 18.3 Å². The van der Waals surface area contributed by atoms with Gasteiger partial charge in [0.25, 0.3) is 0 Å². The van der Waals surface area contributed by atoms with Crippen molar-refractivity contribution in [1.82, 2.24) is 5.32 Å². The number of fused-ring (bicyclic) bond motifs is 1. The Bertz CT molecular complexity index is 497. The van der Waals surface area contributed by atoms with Crippen LogP contribution in [0.25, 0.3) is 5.70 Å². The molecule has 1 heterocycles. The lowest BCUT2D eigenvalue weighted by atomic mass is 10.1. The normalized spacial score (nSPS) is 16.2. The first-order chi connectivity index (χ1) is 8.15. The molecule has 0 radical (unpaired) electrons. The molecule has 1 aromatic carbocycles. The fraction of sp³-hybridized carbons (Fsp3) is 0.250. The summed E-state index contributed by atoms with van der Waals surface area (Å²) in [7, 11) is 1.64. The molecule has 1 aliphatic heterocycles. The number of carbonyl (C=O) groups is 1. The summed E-state index contributed by atoms with van der Waals surface area (Å²) < 4.78 is 13.7. The predicted octanol–water partition coefficient (Wildman–Crippen LogP) is 2.75. The zero-order valence-electron chi connectivity index (χ0n) is 9.73. The molecule has 0 atom stereocenters. The third-order valence-electron chi connectivity index (χ3n) is 2.57. The van der Waals surface area contributed by atoms with Crippen LogP contribution in [0.5, 0.6) is 0 Å². The molecule has 4 nitrogen and oxygen atoms in total. The van der Waals surface area contributed by atoms with Crippen molar-refractivity contribution in [2.75, 3.05) is 17.7 Å². The smallest absolute Gasteiger partial charge is 0.323 e. The van der Waals surface area contributed by atoms with Crippen molar-refractivity contribution in [3.05, 3.63) is 29.6 Å². The van der Waals surface area contributed by atoms with E-state index >= 15 is 0 Å². The maximum atomic E-state index is 13.7. The van der Waals surface area contributed by atoms with Crippen molar-refractivity contribution in [2.45, 2.75) is 13.3 Å². The van der Waals surface area contributed by atoms with Gasteiger partial charge in [-0.25, -0.2) is 9.18 Å². The first-order valence-corrected chi connectivity index (χ1v) is 5.45. The number of hydrogen-bond acceptors (Lipinski definition) is 2. The highest BCUT2D eigenvalue weighted by Gasteiger charge is 2.20. The first-order valence-electron chi connectivity index (χ1n) is 5.45. The van der Waals surface area contributed by atoms with Gasteiger partial charge in [0.05, 0.1) is 11.4 Å². The van der Waals surface area contributed by atoms with E-state index < -0.39 is 0 Å². The molecule has 1 aromatic rings. The van der Waals surface area contributed by atoms with Gasteiger partial charge in [0.1, 0.15) is 5.82 Å². The van der Waals surface area contributed by atoms with E-state index in [9.17, 15) is 9.18 Å². The lowest BCUT2D eigenvalue weighted by Crippen LogP contribution is -2.32. The lowest BCUT2D eigenvalue weighted by Gasteiger charge is -2.22. The highest BCUT2D eigenvalue weighted by Crippen LogP contribution is 2.31. The minimum absolute atomic E-state index is 0.300. The molecule has 0 fully saturated rings. The minimum Gasteiger partial charge on any atom is -0.386 e. The van der Waals surface area contributed by atoms with Crippen LogP contribution >= 0.6 is 0 Å². The van der Waals surface area contributed by atoms with Gasteiger partial charge < -0.3 is 16.0 Å². The summed E-state index contributed by atoms with van der Waals surface area (Å²) in [5.74, 6) is -0.341. The van der Waals surface area contributed by atoms with Crippen molar-refractivity contribution in [1.29, 1.82) is 0 Å². The van der Waals surface area contributed by atoms with Gasteiger partial charge in [0.2, 0.25) is 0 Å². The van der Waals surface area contributed by atoms with Gasteiger partial charge in [-0.3, -0.25) is 0 Å². The standard InChI is InChI=1S/C12H14FN3O/c1-3-4-9-7-5-8(13)11(14-2)6-10(7)16-12(17)15-9/h4-6,14H,3H2,1-2H3,(H2,15,16,17)/b9-4+. The summed E-state index contributed by atoms with van der Waals surface area (Å²) in [6.07, 6.45) is 2.63. The maximum absolute atomic E-state index is 13.7. The van der Waals surface area contributed by atoms with Crippen LogP contribution in [0.2, 0.25) is 0 Å². The van der Waals surface area contributed by atoms with E-state index in [1.165, 1.54) is 6.07 Å². The molecule has 0 unspecified atom stereocenters. The molecule has 17 heavy (non-hydrogen) atoms. The van der Waals surface area contributed by atoms with E-state index in [0.29, 0.717) is 22.6 Å². The van der Waals surface area contributed by atoms with Crippen molar-refractivity contribution >= 4 is 23.1 Å². The molecule has 3 N–H and O–H groups in total. The predicted molar refractivity (Wildman–Crippen MR) is 66.4 cm³/mol. The number of urea groups is 1. The summed E-state index contributed by atoms with van der Waals surface area (Å²) >= 11 is 0. The Morgan fingerprint density at radius 1 is 1.41 bits per heavy atom. The molecular formula is C12H14FN3O. The summed E-state index contributed by atoms with van der Waals surface area (Å²) in [5.41, 5.74) is 2.29. The van der Waals surface area contributed by atoms with Crippen LogP contribution in [0.4, 0.5) is 20.6 Å². The van der Waals surface area contributed by atoms with Gasteiger partial charge in [-0.15, -0.1) is 0 Å². The number of benzene rings is 1. The third kappa shape index (κ3) is 2.08. The Morgan fingerprint density at radius 3 is 2.82 bits per heavy atom. The number of nitrogens with one attached hydrogen (secondary N) is 3. The van der Waals surface area contributed by atoms with E-state index in [0.717, 1.165) is 6.42 Å². The average molecular weight is 235 g/mol. The van der Waals surface area contributed by atoms with E-state index in [1.54, 1.807) is 13.1 Å². The number of hydrogen-bond donors (Lipinski definition) is 3. The number of anilines is 2. The van der Waals surface area contributed by atoms with E-state index in [4.69, 9.17) is 0 Å². The molecule has 0 spiro atoms. The van der Waals surface area contributed by atoms with Gasteiger partial charge in [-0.1, -0.05) is 13.0 Å². The number of rotatable bonds is 2. The Hall–Kier alpha value is -2.04. The fourth-order valence-electron chi connectivity index (χ4n) is 1.80. The number of allylic oxidation sites excluding steroid dienone is 1. The van der Waals surface area contributed by atoms with Gasteiger partial charge in [-0.05, 0) is 18.6 Å². The van der Waals surface area contributed by atoms with Crippen molar-refractivity contribution in [3.63, 3.8) is 0 Å². The van der Waals surface area contributed by atoms with Gasteiger partial charge >= 0.3 is 6.03 Å². The third-order valence-corrected chi connectivity index (χ3v) is 2.57. The average Bonchev–Trinajstić information content (AvgIpc) is 2.29. The molecule has 90 valence electrons. The Morgan fingerprint density at radius 2 is 2.18 bits per heavy atom. The lowest BCUT2D eigenvalue weighted by molar-refractivity contribution is 0.255. The van der Waals surface area contributed by atoms with Crippen molar-refractivity contribution in [3.8, 4) is 0 Å². The topological polar surface area (TPSA) is 53.2 Å². The number of halogens is 1. The van der Waals surface area contributed by atoms with Crippen molar-refractivity contribution in [2.24, 2.45) is 0 Å². The van der Waals surface area contributed by atoms with Crippen molar-refractivity contribution < 1.29 is 9.18 Å².